The first-order valence-electron chi connectivity index (χ1n) is 8.14. The molecule has 0 atom stereocenters. The molecule has 0 aliphatic carbocycles. The summed E-state index contributed by atoms with van der Waals surface area (Å²) in [5.41, 5.74) is 1.94. The number of ether oxygens (including phenoxy) is 1. The smallest absolute Gasteiger partial charge is 0.332 e. The van der Waals surface area contributed by atoms with Crippen molar-refractivity contribution in [2.75, 3.05) is 7.11 Å². The van der Waals surface area contributed by atoms with Gasteiger partial charge in [-0.3, -0.25) is 18.7 Å². The zero-order chi connectivity index (χ0) is 20.4. The Morgan fingerprint density at radius 2 is 2.07 bits per heavy atom. The van der Waals surface area contributed by atoms with Crippen LogP contribution in [0.5, 0.6) is 11.5 Å². The SMILES string of the molecule is COc1cccc(C=NNC(=O)Cn2cnc3c2c(=O)n(C)c(=O)n3C)c1O. The van der Waals surface area contributed by atoms with Crippen molar-refractivity contribution in [1.29, 1.82) is 0 Å². The highest BCUT2D eigenvalue weighted by Crippen LogP contribution is 2.27. The van der Waals surface area contributed by atoms with Gasteiger partial charge < -0.3 is 14.4 Å². The number of amides is 1. The zero-order valence-corrected chi connectivity index (χ0v) is 15.4. The number of carbonyl (C=O) groups is 1. The molecule has 1 aromatic carbocycles. The second-order valence-electron chi connectivity index (χ2n) is 5.94. The second kappa shape index (κ2) is 7.39. The van der Waals surface area contributed by atoms with Gasteiger partial charge in [-0.05, 0) is 12.1 Å². The molecule has 0 saturated heterocycles. The van der Waals surface area contributed by atoms with E-state index in [9.17, 15) is 19.5 Å². The number of hydrogen-bond acceptors (Lipinski definition) is 7. The summed E-state index contributed by atoms with van der Waals surface area (Å²) in [6.45, 7) is -0.231. The molecule has 2 heterocycles. The van der Waals surface area contributed by atoms with Gasteiger partial charge in [0.1, 0.15) is 6.54 Å². The number of rotatable bonds is 5. The van der Waals surface area contributed by atoms with E-state index < -0.39 is 17.2 Å². The van der Waals surface area contributed by atoms with Gasteiger partial charge in [0.15, 0.2) is 22.7 Å². The summed E-state index contributed by atoms with van der Waals surface area (Å²) in [6.07, 6.45) is 2.58. The van der Waals surface area contributed by atoms with Crippen LogP contribution in [0.1, 0.15) is 5.56 Å². The molecule has 0 spiro atoms. The molecule has 0 aliphatic rings. The molecule has 1 amide bonds. The summed E-state index contributed by atoms with van der Waals surface area (Å²) in [4.78, 5) is 40.5. The van der Waals surface area contributed by atoms with Gasteiger partial charge in [0.05, 0.1) is 19.7 Å². The fourth-order valence-corrected chi connectivity index (χ4v) is 2.69. The molecule has 3 rings (SSSR count). The Balaban J connectivity index is 1.80. The average molecular weight is 386 g/mol. The van der Waals surface area contributed by atoms with Crippen molar-refractivity contribution in [3.8, 4) is 11.5 Å². The Hall–Kier alpha value is -3.89. The van der Waals surface area contributed by atoms with Gasteiger partial charge in [-0.2, -0.15) is 5.10 Å². The Morgan fingerprint density at radius 3 is 2.79 bits per heavy atom. The number of imidazole rings is 1. The second-order valence-corrected chi connectivity index (χ2v) is 5.94. The number of aromatic hydroxyl groups is 1. The van der Waals surface area contributed by atoms with E-state index in [-0.39, 0.29) is 29.2 Å². The van der Waals surface area contributed by atoms with Crippen LogP contribution in [0, 0.1) is 0 Å². The van der Waals surface area contributed by atoms with Crippen LogP contribution in [-0.4, -0.2) is 43.0 Å². The third kappa shape index (κ3) is 3.24. The van der Waals surface area contributed by atoms with Crippen molar-refractivity contribution < 1.29 is 14.6 Å². The van der Waals surface area contributed by atoms with Crippen LogP contribution < -0.4 is 21.4 Å². The quantitative estimate of drug-likeness (QED) is 0.440. The lowest BCUT2D eigenvalue weighted by Crippen LogP contribution is -2.38. The molecule has 0 aliphatic heterocycles. The number of nitrogens with zero attached hydrogens (tertiary/aromatic N) is 5. The Kier molecular flexibility index (Phi) is 4.98. The van der Waals surface area contributed by atoms with Gasteiger partial charge >= 0.3 is 5.69 Å². The lowest BCUT2D eigenvalue weighted by Gasteiger charge is -2.06. The number of benzene rings is 1. The van der Waals surface area contributed by atoms with Crippen LogP contribution in [0.25, 0.3) is 11.2 Å². The van der Waals surface area contributed by atoms with E-state index >= 15 is 0 Å². The fraction of sp³-hybridized carbons (Fsp3) is 0.235. The van der Waals surface area contributed by atoms with E-state index in [2.05, 4.69) is 15.5 Å². The van der Waals surface area contributed by atoms with Gasteiger partial charge in [-0.25, -0.2) is 15.2 Å². The molecule has 11 heteroatoms. The number of para-hydroxylation sites is 1. The number of hydrogen-bond donors (Lipinski definition) is 2. The Bertz CT molecular complexity index is 1200. The van der Waals surface area contributed by atoms with E-state index in [4.69, 9.17) is 4.74 Å². The lowest BCUT2D eigenvalue weighted by atomic mass is 10.2. The van der Waals surface area contributed by atoms with Crippen molar-refractivity contribution in [3.05, 3.63) is 50.9 Å². The van der Waals surface area contributed by atoms with E-state index in [0.29, 0.717) is 5.56 Å². The minimum Gasteiger partial charge on any atom is -0.504 e. The first kappa shape index (κ1) is 18.9. The number of carbonyl (C=O) groups excluding carboxylic acids is 1. The molecule has 0 radical (unpaired) electrons. The summed E-state index contributed by atoms with van der Waals surface area (Å²) < 4.78 is 8.51. The van der Waals surface area contributed by atoms with E-state index in [1.165, 1.54) is 42.9 Å². The summed E-state index contributed by atoms with van der Waals surface area (Å²) in [5, 5.41) is 13.8. The first-order chi connectivity index (χ1) is 13.3. The normalized spacial score (nSPS) is 11.2. The molecule has 0 saturated carbocycles. The number of hydrazone groups is 1. The number of aryl methyl sites for hydroxylation is 1. The van der Waals surface area contributed by atoms with Crippen molar-refractivity contribution >= 4 is 23.3 Å². The van der Waals surface area contributed by atoms with Gasteiger partial charge in [0.2, 0.25) is 0 Å². The largest absolute Gasteiger partial charge is 0.504 e. The van der Waals surface area contributed by atoms with E-state index in [1.807, 2.05) is 0 Å². The van der Waals surface area contributed by atoms with Gasteiger partial charge in [0.25, 0.3) is 11.5 Å². The van der Waals surface area contributed by atoms with Crippen molar-refractivity contribution in [3.63, 3.8) is 0 Å². The zero-order valence-electron chi connectivity index (χ0n) is 15.4. The maximum Gasteiger partial charge on any atom is 0.332 e. The molecule has 28 heavy (non-hydrogen) atoms. The predicted octanol–water partition coefficient (Wildman–Crippen LogP) is -0.702. The number of phenols is 1. The summed E-state index contributed by atoms with van der Waals surface area (Å²) in [7, 11) is 4.27. The third-order valence-electron chi connectivity index (χ3n) is 4.17. The maximum atomic E-state index is 12.3. The summed E-state index contributed by atoms with van der Waals surface area (Å²) >= 11 is 0. The van der Waals surface area contributed by atoms with Crippen LogP contribution in [-0.2, 0) is 25.4 Å². The van der Waals surface area contributed by atoms with Crippen LogP contribution >= 0.6 is 0 Å². The molecule has 3 aromatic rings. The van der Waals surface area contributed by atoms with Gasteiger partial charge in [0, 0.05) is 19.7 Å². The average Bonchev–Trinajstić information content (AvgIpc) is 3.09. The Morgan fingerprint density at radius 1 is 1.32 bits per heavy atom. The number of nitrogens with one attached hydrogen (secondary N) is 1. The molecular weight excluding hydrogens is 368 g/mol. The van der Waals surface area contributed by atoms with Crippen LogP contribution in [0.3, 0.4) is 0 Å². The molecule has 146 valence electrons. The van der Waals surface area contributed by atoms with Crippen LogP contribution in [0.15, 0.2) is 39.2 Å². The number of fused-ring (bicyclic) bond motifs is 1. The highest BCUT2D eigenvalue weighted by atomic mass is 16.5. The van der Waals surface area contributed by atoms with Crippen molar-refractivity contribution in [2.24, 2.45) is 19.2 Å². The molecule has 2 N–H and O–H groups in total. The molecule has 0 unspecified atom stereocenters. The van der Waals surface area contributed by atoms with E-state index in [1.54, 1.807) is 18.2 Å². The van der Waals surface area contributed by atoms with Gasteiger partial charge in [-0.15, -0.1) is 0 Å². The molecule has 2 aromatic heterocycles. The monoisotopic (exact) mass is 386 g/mol. The van der Waals surface area contributed by atoms with E-state index in [0.717, 1.165) is 4.57 Å². The molecule has 0 bridgehead atoms. The topological polar surface area (TPSA) is 133 Å². The molecule has 0 fully saturated rings. The predicted molar refractivity (Wildman–Crippen MR) is 101 cm³/mol. The highest BCUT2D eigenvalue weighted by Gasteiger charge is 2.15. The third-order valence-corrected chi connectivity index (χ3v) is 4.17. The number of methoxy groups -OCH3 is 1. The van der Waals surface area contributed by atoms with Crippen LogP contribution in [0.4, 0.5) is 0 Å². The minimum absolute atomic E-state index is 0.104. The Labute approximate surface area is 158 Å². The lowest BCUT2D eigenvalue weighted by molar-refractivity contribution is -0.121. The number of phenolic OH excluding ortho intramolecular Hbond substituents is 1. The maximum absolute atomic E-state index is 12.3. The summed E-state index contributed by atoms with van der Waals surface area (Å²) in [5.74, 6) is -0.344. The highest BCUT2D eigenvalue weighted by molar-refractivity contribution is 5.86. The van der Waals surface area contributed by atoms with Crippen molar-refractivity contribution in [1.82, 2.24) is 24.1 Å². The summed E-state index contributed by atoms with van der Waals surface area (Å²) in [6, 6.07) is 4.85. The minimum atomic E-state index is -0.548. The standard InChI is InChI=1S/C17H18N6O5/c1-21-15-13(16(26)22(2)17(21)27)23(9-18-15)8-12(24)20-19-7-10-5-4-6-11(28-3)14(10)25/h4-7,9,25H,8H2,1-3H3,(H,20,24). The van der Waals surface area contributed by atoms with Crippen LogP contribution in [0.2, 0.25) is 0 Å². The first-order valence-corrected chi connectivity index (χ1v) is 8.14. The van der Waals surface area contributed by atoms with Crippen molar-refractivity contribution in [2.45, 2.75) is 6.54 Å². The fourth-order valence-electron chi connectivity index (χ4n) is 2.69. The number of aromatic nitrogens is 4. The van der Waals surface area contributed by atoms with Gasteiger partial charge in [-0.1, -0.05) is 6.07 Å². The molecular formula is C17H18N6O5. The molecule has 11 nitrogen and oxygen atoms in total.